The van der Waals surface area contributed by atoms with Crippen LogP contribution in [0.4, 0.5) is 11.4 Å². The first-order valence-electron chi connectivity index (χ1n) is 8.64. The highest BCUT2D eigenvalue weighted by molar-refractivity contribution is 6.04. The molecule has 1 aromatic carbocycles. The van der Waals surface area contributed by atoms with Gasteiger partial charge in [-0.1, -0.05) is 27.7 Å². The molecule has 0 fully saturated rings. The van der Waals surface area contributed by atoms with Crippen LogP contribution in [0.2, 0.25) is 0 Å². The van der Waals surface area contributed by atoms with Crippen molar-refractivity contribution in [1.29, 1.82) is 0 Å². The van der Waals surface area contributed by atoms with Crippen molar-refractivity contribution in [3.8, 4) is 0 Å². The third-order valence-corrected chi connectivity index (χ3v) is 3.66. The molecule has 0 unspecified atom stereocenters. The van der Waals surface area contributed by atoms with E-state index in [1.165, 1.54) is 0 Å². The number of nitrogens with two attached hydrogens (primary N) is 1. The Balaban J connectivity index is 0.00000117. The van der Waals surface area contributed by atoms with Crippen molar-refractivity contribution in [2.24, 2.45) is 5.92 Å². The average molecular weight is 352 g/mol. The zero-order valence-corrected chi connectivity index (χ0v) is 15.5. The molecule has 2 aromatic heterocycles. The van der Waals surface area contributed by atoms with Crippen LogP contribution < -0.4 is 11.1 Å². The topological polar surface area (TPSA) is 89.5 Å². The molecular formula is C20H24N4O2. The second-order valence-corrected chi connectivity index (χ2v) is 5.90. The number of nitrogen functional groups attached to an aromatic ring is 1. The van der Waals surface area contributed by atoms with Crippen LogP contribution in [0.3, 0.4) is 0 Å². The lowest BCUT2D eigenvalue weighted by atomic mass is 10.1. The molecule has 3 N–H and O–H groups in total. The summed E-state index contributed by atoms with van der Waals surface area (Å²) >= 11 is 0. The van der Waals surface area contributed by atoms with Crippen molar-refractivity contribution >= 4 is 28.7 Å². The number of aromatic nitrogens is 2. The van der Waals surface area contributed by atoms with Gasteiger partial charge in [-0.15, -0.1) is 0 Å². The molecule has 0 spiro atoms. The van der Waals surface area contributed by atoms with Crippen LogP contribution in [0.5, 0.6) is 0 Å². The Morgan fingerprint density at radius 2 is 1.69 bits per heavy atom. The Hall–Kier alpha value is -3.15. The summed E-state index contributed by atoms with van der Waals surface area (Å²) in [4.78, 5) is 28.6. The molecule has 6 heteroatoms. The highest BCUT2D eigenvalue weighted by Gasteiger charge is 2.14. The fourth-order valence-corrected chi connectivity index (χ4v) is 2.32. The van der Waals surface area contributed by atoms with E-state index in [1.54, 1.807) is 53.2 Å². The molecular weight excluding hydrogens is 328 g/mol. The van der Waals surface area contributed by atoms with E-state index in [2.05, 4.69) is 10.3 Å². The number of amides is 1. The third-order valence-electron chi connectivity index (χ3n) is 3.66. The van der Waals surface area contributed by atoms with Gasteiger partial charge in [-0.25, -0.2) is 4.98 Å². The van der Waals surface area contributed by atoms with Crippen LogP contribution in [0.1, 0.15) is 48.5 Å². The lowest BCUT2D eigenvalue weighted by Gasteiger charge is -2.06. The summed E-state index contributed by atoms with van der Waals surface area (Å²) < 4.78 is 1.73. The number of hydrogen-bond donors (Lipinski definition) is 2. The van der Waals surface area contributed by atoms with Gasteiger partial charge in [-0.3, -0.25) is 9.59 Å². The third kappa shape index (κ3) is 4.27. The minimum atomic E-state index is -0.229. The zero-order chi connectivity index (χ0) is 19.3. The van der Waals surface area contributed by atoms with Crippen LogP contribution in [0, 0.1) is 5.92 Å². The van der Waals surface area contributed by atoms with Gasteiger partial charge in [0.2, 0.25) is 0 Å². The first kappa shape index (κ1) is 19.2. The van der Waals surface area contributed by atoms with Gasteiger partial charge in [0, 0.05) is 29.6 Å². The van der Waals surface area contributed by atoms with Gasteiger partial charge in [0.25, 0.3) is 5.91 Å². The van der Waals surface area contributed by atoms with E-state index in [1.807, 2.05) is 27.7 Å². The van der Waals surface area contributed by atoms with E-state index in [-0.39, 0.29) is 17.6 Å². The highest BCUT2D eigenvalue weighted by atomic mass is 16.1. The maximum atomic E-state index is 12.2. The number of ketones is 1. The van der Waals surface area contributed by atoms with Crippen LogP contribution in [-0.4, -0.2) is 21.1 Å². The number of carbonyl (C=O) groups excluding carboxylic acids is 2. The molecule has 0 aliphatic heterocycles. The Morgan fingerprint density at radius 1 is 1.04 bits per heavy atom. The number of benzene rings is 1. The molecule has 136 valence electrons. The molecule has 6 nitrogen and oxygen atoms in total. The molecule has 2 heterocycles. The molecule has 0 atom stereocenters. The van der Waals surface area contributed by atoms with E-state index in [0.29, 0.717) is 28.3 Å². The van der Waals surface area contributed by atoms with Crippen molar-refractivity contribution in [3.63, 3.8) is 0 Å². The molecule has 0 saturated carbocycles. The van der Waals surface area contributed by atoms with Gasteiger partial charge in [0.05, 0.1) is 5.69 Å². The molecule has 1 amide bonds. The number of rotatable bonds is 4. The molecule has 0 bridgehead atoms. The molecule has 0 saturated heterocycles. The van der Waals surface area contributed by atoms with E-state index in [4.69, 9.17) is 5.73 Å². The second kappa shape index (κ2) is 8.29. The number of pyridine rings is 1. The van der Waals surface area contributed by atoms with E-state index in [0.717, 1.165) is 0 Å². The number of nitrogens with one attached hydrogen (secondary N) is 1. The second-order valence-electron chi connectivity index (χ2n) is 5.90. The summed E-state index contributed by atoms with van der Waals surface area (Å²) in [6.07, 6.45) is 3.41. The Labute approximate surface area is 153 Å². The number of carbonyl (C=O) groups is 2. The average Bonchev–Trinajstić information content (AvgIpc) is 3.06. The summed E-state index contributed by atoms with van der Waals surface area (Å²) in [6.45, 7) is 7.68. The number of nitrogens with zero attached hydrogens (tertiary/aromatic N) is 2. The molecule has 26 heavy (non-hydrogen) atoms. The number of fused-ring (bicyclic) bond motifs is 1. The predicted molar refractivity (Wildman–Crippen MR) is 105 cm³/mol. The number of Topliss-reactive ketones (excluding diaryl/α,β-unsaturated/α-hetero) is 1. The predicted octanol–water partition coefficient (Wildman–Crippen LogP) is 4.03. The standard InChI is InChI=1S/C18H18N4O2.C2H6/c1-11(2)17(23)15-10-22-9-14(7-8-16(22)21-15)20-18(24)12-3-5-13(19)6-4-12;1-2/h3-11H,19H2,1-2H3,(H,20,24);1-2H3. The normalized spacial score (nSPS) is 10.3. The van der Waals surface area contributed by atoms with Crippen LogP contribution in [0.15, 0.2) is 48.8 Å². The van der Waals surface area contributed by atoms with E-state index >= 15 is 0 Å². The van der Waals surface area contributed by atoms with E-state index in [9.17, 15) is 9.59 Å². The maximum Gasteiger partial charge on any atom is 0.255 e. The van der Waals surface area contributed by atoms with Crippen molar-refractivity contribution < 1.29 is 9.59 Å². The van der Waals surface area contributed by atoms with Crippen LogP contribution in [0.25, 0.3) is 5.65 Å². The SMILES string of the molecule is CC.CC(C)C(=O)c1cn2cc(NC(=O)c3ccc(N)cc3)ccc2n1. The van der Waals surface area contributed by atoms with E-state index < -0.39 is 0 Å². The zero-order valence-electron chi connectivity index (χ0n) is 15.5. The fraction of sp³-hybridized carbons (Fsp3) is 0.250. The minimum absolute atomic E-state index is 0.00819. The molecule has 0 radical (unpaired) electrons. The largest absolute Gasteiger partial charge is 0.399 e. The van der Waals surface area contributed by atoms with Crippen LogP contribution >= 0.6 is 0 Å². The van der Waals surface area contributed by atoms with Gasteiger partial charge in [0.1, 0.15) is 11.3 Å². The first-order chi connectivity index (χ1) is 12.4. The number of imidazole rings is 1. The lowest BCUT2D eigenvalue weighted by molar-refractivity contribution is 0.0934. The van der Waals surface area contributed by atoms with Gasteiger partial charge in [-0.05, 0) is 36.4 Å². The maximum absolute atomic E-state index is 12.2. The monoisotopic (exact) mass is 352 g/mol. The summed E-state index contributed by atoms with van der Waals surface area (Å²) in [5.74, 6) is -0.348. The Bertz CT molecular complexity index is 911. The van der Waals surface area contributed by atoms with Gasteiger partial charge in [0.15, 0.2) is 5.78 Å². The van der Waals surface area contributed by atoms with Gasteiger partial charge >= 0.3 is 0 Å². The Morgan fingerprint density at radius 3 is 2.31 bits per heavy atom. The quantitative estimate of drug-likeness (QED) is 0.548. The van der Waals surface area contributed by atoms with Crippen LogP contribution in [-0.2, 0) is 0 Å². The Kier molecular flexibility index (Phi) is 6.11. The lowest BCUT2D eigenvalue weighted by Crippen LogP contribution is -2.12. The summed E-state index contributed by atoms with van der Waals surface area (Å²) in [5, 5.41) is 2.82. The van der Waals surface area contributed by atoms with Crippen molar-refractivity contribution in [2.45, 2.75) is 27.7 Å². The highest BCUT2D eigenvalue weighted by Crippen LogP contribution is 2.15. The minimum Gasteiger partial charge on any atom is -0.399 e. The van der Waals surface area contributed by atoms with Gasteiger partial charge in [-0.2, -0.15) is 0 Å². The van der Waals surface area contributed by atoms with Gasteiger partial charge < -0.3 is 15.5 Å². The first-order valence-corrected chi connectivity index (χ1v) is 8.64. The van der Waals surface area contributed by atoms with Crippen molar-refractivity contribution in [2.75, 3.05) is 11.1 Å². The van der Waals surface area contributed by atoms with Crippen molar-refractivity contribution in [1.82, 2.24) is 9.38 Å². The molecule has 0 aliphatic rings. The smallest absolute Gasteiger partial charge is 0.255 e. The molecule has 3 rings (SSSR count). The molecule has 3 aromatic rings. The summed E-state index contributed by atoms with van der Waals surface area (Å²) in [6, 6.07) is 10.2. The summed E-state index contributed by atoms with van der Waals surface area (Å²) in [7, 11) is 0. The molecule has 0 aliphatic carbocycles. The van der Waals surface area contributed by atoms with Crippen molar-refractivity contribution in [3.05, 3.63) is 60.0 Å². The number of hydrogen-bond acceptors (Lipinski definition) is 4. The fourth-order valence-electron chi connectivity index (χ4n) is 2.32. The number of anilines is 2. The summed E-state index contributed by atoms with van der Waals surface area (Å²) in [5.41, 5.74) is 8.44.